The Bertz CT molecular complexity index is 2490. The highest BCUT2D eigenvalue weighted by molar-refractivity contribution is 5.74. The quantitative estimate of drug-likeness (QED) is 0.0427. The van der Waals surface area contributed by atoms with Gasteiger partial charge in [-0.25, -0.2) is 0 Å². The number of hydrogen-bond acceptors (Lipinski definition) is 40. The number of rotatable bonds is 24. The van der Waals surface area contributed by atoms with E-state index in [1.807, 2.05) is 0 Å². The molecule has 8 aliphatic rings. The van der Waals surface area contributed by atoms with Gasteiger partial charge in [-0.2, -0.15) is 0 Å². The second-order valence-electron chi connectivity index (χ2n) is 24.6. The van der Waals surface area contributed by atoms with Crippen molar-refractivity contribution in [2.75, 3.05) is 46.2 Å². The maximum Gasteiger partial charge on any atom is 0.217 e. The van der Waals surface area contributed by atoms with Gasteiger partial charge in [-0.3, -0.25) is 14.4 Å². The fraction of sp³-hybridized carbons (Fsp3) is 0.944. The van der Waals surface area contributed by atoms with E-state index >= 15 is 0 Å². The molecule has 25 N–H and O–H groups in total. The summed E-state index contributed by atoms with van der Waals surface area (Å²) in [5, 5.41) is 249. The third kappa shape index (κ3) is 17.6. The first-order valence-corrected chi connectivity index (χ1v) is 31.0. The number of aliphatic hydroxyl groups excluding tert-OH is 22. The van der Waals surface area contributed by atoms with Crippen LogP contribution in [-0.4, -0.2) is 422 Å². The molecule has 8 aliphatic heterocycles. The van der Waals surface area contributed by atoms with Crippen molar-refractivity contribution in [2.45, 2.75) is 273 Å². The minimum absolute atomic E-state index is 0.802. The van der Waals surface area contributed by atoms with E-state index in [1.54, 1.807) is 0 Å². The van der Waals surface area contributed by atoms with Crippen molar-refractivity contribution in [1.82, 2.24) is 16.0 Å². The maximum absolute atomic E-state index is 13.0. The highest BCUT2D eigenvalue weighted by Crippen LogP contribution is 2.38. The van der Waals surface area contributed by atoms with Gasteiger partial charge in [-0.05, 0) is 6.92 Å². The van der Waals surface area contributed by atoms with Crippen LogP contribution in [0.3, 0.4) is 0 Å². The Labute approximate surface area is 549 Å². The van der Waals surface area contributed by atoms with E-state index in [4.69, 9.17) is 71.1 Å². The van der Waals surface area contributed by atoms with Crippen LogP contribution >= 0.6 is 0 Å². The summed E-state index contributed by atoms with van der Waals surface area (Å²) in [4.78, 5) is 37.7. The summed E-state index contributed by atoms with van der Waals surface area (Å²) in [6.45, 7) is -2.84. The Hall–Kier alpha value is -3.07. The maximum atomic E-state index is 13.0. The molecule has 97 heavy (non-hydrogen) atoms. The summed E-state index contributed by atoms with van der Waals surface area (Å²) in [5.41, 5.74) is 0. The van der Waals surface area contributed by atoms with Gasteiger partial charge in [-0.1, -0.05) is 0 Å². The zero-order valence-corrected chi connectivity index (χ0v) is 52.2. The summed E-state index contributed by atoms with van der Waals surface area (Å²) in [6, 6.07) is -5.37. The van der Waals surface area contributed by atoms with Gasteiger partial charge < -0.3 is 199 Å². The smallest absolute Gasteiger partial charge is 0.217 e. The third-order valence-electron chi connectivity index (χ3n) is 17.8. The molecule has 8 saturated heterocycles. The monoisotopic (exact) mass is 1420 g/mol. The Kier molecular flexibility index (Phi) is 28.3. The second-order valence-corrected chi connectivity index (χ2v) is 24.6. The van der Waals surface area contributed by atoms with E-state index < -0.39 is 309 Å². The number of aliphatic hydroxyl groups is 22. The molecule has 0 saturated carbocycles. The van der Waals surface area contributed by atoms with Crippen LogP contribution in [0.25, 0.3) is 0 Å². The van der Waals surface area contributed by atoms with E-state index in [0.717, 1.165) is 20.8 Å². The molecule has 43 nitrogen and oxygen atoms in total. The average molecular weight is 1420 g/mol. The third-order valence-corrected chi connectivity index (χ3v) is 17.8. The van der Waals surface area contributed by atoms with Crippen LogP contribution in [0.5, 0.6) is 0 Å². The lowest BCUT2D eigenvalue weighted by atomic mass is 9.93. The Morgan fingerprint density at radius 1 is 0.289 bits per heavy atom. The van der Waals surface area contributed by atoms with E-state index in [9.17, 15) is 127 Å². The van der Waals surface area contributed by atoms with Crippen molar-refractivity contribution < 1.29 is 198 Å². The van der Waals surface area contributed by atoms with Gasteiger partial charge in [0.1, 0.15) is 189 Å². The zero-order valence-electron chi connectivity index (χ0n) is 52.2. The Balaban J connectivity index is 1.11. The number of hydrogen-bond donors (Lipinski definition) is 25. The lowest BCUT2D eigenvalue weighted by Gasteiger charge is -2.51. The average Bonchev–Trinajstić information content (AvgIpc) is 0.779. The molecule has 43 heteroatoms. The van der Waals surface area contributed by atoms with E-state index in [-0.39, 0.29) is 0 Å². The van der Waals surface area contributed by atoms with Crippen LogP contribution in [0.1, 0.15) is 27.7 Å². The molecule has 40 atom stereocenters. The molecule has 8 heterocycles. The second kappa shape index (κ2) is 34.5. The number of carbonyl (C=O) groups is 3. The molecule has 0 aliphatic carbocycles. The van der Waals surface area contributed by atoms with Gasteiger partial charge in [-0.15, -0.1) is 0 Å². The van der Waals surface area contributed by atoms with Crippen molar-refractivity contribution in [3.8, 4) is 0 Å². The van der Waals surface area contributed by atoms with Crippen molar-refractivity contribution in [2.24, 2.45) is 0 Å². The van der Waals surface area contributed by atoms with Crippen LogP contribution in [0, 0.1) is 0 Å². The summed E-state index contributed by atoms with van der Waals surface area (Å²) in [7, 11) is 0. The minimum atomic E-state index is -2.48. The van der Waals surface area contributed by atoms with Gasteiger partial charge in [0.15, 0.2) is 50.3 Å². The van der Waals surface area contributed by atoms with Crippen molar-refractivity contribution in [3.05, 3.63) is 0 Å². The van der Waals surface area contributed by atoms with Crippen LogP contribution < -0.4 is 16.0 Å². The van der Waals surface area contributed by atoms with Crippen LogP contribution in [0.2, 0.25) is 0 Å². The van der Waals surface area contributed by atoms with E-state index in [0.29, 0.717) is 0 Å². The molecule has 0 unspecified atom stereocenters. The van der Waals surface area contributed by atoms with Gasteiger partial charge in [0.2, 0.25) is 17.7 Å². The van der Waals surface area contributed by atoms with Gasteiger partial charge >= 0.3 is 0 Å². The number of carbonyl (C=O) groups excluding carboxylic acids is 3. The van der Waals surface area contributed by atoms with Gasteiger partial charge in [0.25, 0.3) is 0 Å². The molecule has 0 aromatic heterocycles. The molecular weight excluding hydrogens is 1330 g/mol. The van der Waals surface area contributed by atoms with E-state index in [2.05, 4.69) is 16.0 Å². The fourth-order valence-corrected chi connectivity index (χ4v) is 12.4. The molecule has 8 fully saturated rings. The predicted octanol–water partition coefficient (Wildman–Crippen LogP) is -17.0. The standard InChI is InChI=1S/C54H91N3O40/c1-12-26(66)35(75)38(78)50(85-12)84-11-22-43(33(73)23(47(82)86-22)55-13(2)63)93-49-25(57-15(4)65)34(74)42(20(9-62)91-49)94-53-41(81)45(96-54-46(37(77)29(69)18(7-60)90-54)97-48-24(56-14(3)64)32(72)27(67)16(5-58)87-48)31(71)21(92-53)10-83-51-40(80)44(30(70)19(8-61)88-51)95-52-39(79)36(76)28(68)17(6-59)89-52/h12,16-54,58-62,66-82H,5-11H2,1-4H3,(H,55,63)(H,56,64)(H,57,65)/t12-,16+,17+,18+,19+,20+,21+,22+,23+,24+,25+,26+,27+,28+,29+,30+,31+,32+,33+,34+,35+,36-,37-,38-,39-,40-,41-,42+,43+,44-,45-,46-,47+,48-,49-,50+,51-,52+,53-,54+/m0/s1. The zero-order chi connectivity index (χ0) is 71.5. The Morgan fingerprint density at radius 3 is 1.19 bits per heavy atom. The van der Waals surface area contributed by atoms with Crippen molar-refractivity contribution >= 4 is 17.7 Å². The van der Waals surface area contributed by atoms with Gasteiger partial charge in [0, 0.05) is 20.8 Å². The topological polar surface area (TPSA) is 671 Å². The first-order chi connectivity index (χ1) is 45.8. The van der Waals surface area contributed by atoms with Crippen LogP contribution in [0.4, 0.5) is 0 Å². The van der Waals surface area contributed by atoms with Gasteiger partial charge in [0.05, 0.1) is 52.4 Å². The largest absolute Gasteiger partial charge is 0.394 e. The molecule has 0 bridgehead atoms. The summed E-state index contributed by atoms with van der Waals surface area (Å²) < 4.78 is 87.6. The lowest BCUT2D eigenvalue weighted by Crippen LogP contribution is -2.71. The number of nitrogens with one attached hydrogen (secondary N) is 3. The molecular formula is C54H91N3O40. The predicted molar refractivity (Wildman–Crippen MR) is 298 cm³/mol. The summed E-state index contributed by atoms with van der Waals surface area (Å²) >= 11 is 0. The molecule has 0 aromatic carbocycles. The molecule has 0 aromatic rings. The van der Waals surface area contributed by atoms with Crippen LogP contribution in [0.15, 0.2) is 0 Å². The summed E-state index contributed by atoms with van der Waals surface area (Å²) in [6.07, 6.45) is -73.4. The minimum Gasteiger partial charge on any atom is -0.394 e. The fourth-order valence-electron chi connectivity index (χ4n) is 12.4. The Morgan fingerprint density at radius 2 is 0.629 bits per heavy atom. The first kappa shape index (κ1) is 79.6. The first-order valence-electron chi connectivity index (χ1n) is 31.0. The SMILES string of the molecule is CC(=O)N[C@@H]1[C@@H](O)[C@H](O[C@@H]2O[C@H](CO)[C@@H](O[C@@H]3O[C@H](CO[C@H]4O[C@H](CO)[C@@H](O)[C@H](O[C@H]5O[C@H](CO)[C@@H](O)[C@H](O)[C@@H]5O)[C@@H]4O)[C@@H](O)[C@H](O[C@H]4O[C@H](CO)[C@@H](O)[C@H](O)[C@@H]4O[C@@H]4O[C@H](CO)[C@@H](O)[C@H](O)[C@H]4NC(C)=O)[C@@H]3O)[C@H](O)[C@H]2NC(C)=O)[C@@H](CO[C@@H]2O[C@@H](C)[C@@H](O)[C@@H](O)[C@@H]2O)O[C@H]1O. The lowest BCUT2D eigenvalue weighted by molar-refractivity contribution is -0.395. The summed E-state index contributed by atoms with van der Waals surface area (Å²) in [5.74, 6) is -2.58. The number of amides is 3. The van der Waals surface area contributed by atoms with Crippen molar-refractivity contribution in [1.29, 1.82) is 0 Å². The molecule has 8 rings (SSSR count). The molecule has 562 valence electrons. The highest BCUT2D eigenvalue weighted by Gasteiger charge is 2.59. The molecule has 0 radical (unpaired) electrons. The number of ether oxygens (including phenoxy) is 15. The van der Waals surface area contributed by atoms with Crippen molar-refractivity contribution in [3.63, 3.8) is 0 Å². The highest BCUT2D eigenvalue weighted by atomic mass is 16.8. The molecule has 0 spiro atoms. The van der Waals surface area contributed by atoms with E-state index in [1.165, 1.54) is 6.92 Å². The molecule has 3 amide bonds. The normalized spacial score (nSPS) is 49.9. The van der Waals surface area contributed by atoms with Crippen LogP contribution in [-0.2, 0) is 85.4 Å².